The van der Waals surface area contributed by atoms with E-state index in [2.05, 4.69) is 16.9 Å². The van der Waals surface area contributed by atoms with E-state index >= 15 is 0 Å². The molecule has 0 aliphatic carbocycles. The van der Waals surface area contributed by atoms with Crippen LogP contribution in [0.15, 0.2) is 54.3 Å². The van der Waals surface area contributed by atoms with Crippen molar-refractivity contribution in [1.82, 2.24) is 14.9 Å². The smallest absolute Gasteiger partial charge is 0.228 e. The van der Waals surface area contributed by atoms with Crippen molar-refractivity contribution in [1.29, 1.82) is 0 Å². The Bertz CT molecular complexity index is 825. The summed E-state index contributed by atoms with van der Waals surface area (Å²) in [7, 11) is -3.55. The highest BCUT2D eigenvalue weighted by molar-refractivity contribution is 7.90. The van der Waals surface area contributed by atoms with Crippen molar-refractivity contribution in [2.45, 2.75) is 42.9 Å². The number of ether oxygens (including phenoxy) is 1. The zero-order valence-corrected chi connectivity index (χ0v) is 15.6. The third-order valence-electron chi connectivity index (χ3n) is 4.38. The molecular formula is C19H25N3O3S. The van der Waals surface area contributed by atoms with Gasteiger partial charge < -0.3 is 14.6 Å². The van der Waals surface area contributed by atoms with Gasteiger partial charge in [-0.3, -0.25) is 0 Å². The summed E-state index contributed by atoms with van der Waals surface area (Å²) in [5.41, 5.74) is 1.60. The van der Waals surface area contributed by atoms with Crippen LogP contribution in [0.5, 0.6) is 0 Å². The monoisotopic (exact) mass is 375 g/mol. The van der Waals surface area contributed by atoms with Crippen LogP contribution in [0, 0.1) is 0 Å². The molecule has 26 heavy (non-hydrogen) atoms. The van der Waals surface area contributed by atoms with Crippen molar-refractivity contribution in [3.63, 3.8) is 0 Å². The Hall–Kier alpha value is -1.96. The summed E-state index contributed by atoms with van der Waals surface area (Å²) >= 11 is 0. The van der Waals surface area contributed by atoms with Gasteiger partial charge >= 0.3 is 0 Å². The van der Waals surface area contributed by atoms with Crippen molar-refractivity contribution in [2.24, 2.45) is 0 Å². The molecule has 2 heterocycles. The molecule has 1 unspecified atom stereocenters. The highest BCUT2D eigenvalue weighted by Gasteiger charge is 2.26. The molecule has 1 atom stereocenters. The summed E-state index contributed by atoms with van der Waals surface area (Å²) in [6.45, 7) is 6.11. The predicted molar refractivity (Wildman–Crippen MR) is 100 cm³/mol. The van der Waals surface area contributed by atoms with E-state index in [-0.39, 0.29) is 17.0 Å². The van der Waals surface area contributed by atoms with Crippen molar-refractivity contribution < 1.29 is 13.2 Å². The standard InChI is InChI=1S/C19H25N3O3S/c1-2-10-20-12-17-13-21-19(22(17)14-18-9-6-11-25-18)26(23,24)15-16-7-4-3-5-8-16/h2-5,7-8,13,18,20H,1,6,9-12,14-15H2. The Morgan fingerprint density at radius 2 is 2.15 bits per heavy atom. The molecule has 1 aliphatic rings. The molecule has 7 heteroatoms. The molecule has 0 spiro atoms. The van der Waals surface area contributed by atoms with E-state index < -0.39 is 9.84 Å². The van der Waals surface area contributed by atoms with E-state index in [9.17, 15) is 8.42 Å². The number of rotatable bonds is 9. The fraction of sp³-hybridized carbons (Fsp3) is 0.421. The topological polar surface area (TPSA) is 73.2 Å². The van der Waals surface area contributed by atoms with Gasteiger partial charge in [-0.25, -0.2) is 13.4 Å². The van der Waals surface area contributed by atoms with E-state index in [1.165, 1.54) is 0 Å². The molecule has 1 fully saturated rings. The maximum absolute atomic E-state index is 13.0. The van der Waals surface area contributed by atoms with E-state index in [1.807, 2.05) is 30.3 Å². The Labute approximate surface area is 154 Å². The van der Waals surface area contributed by atoms with Gasteiger partial charge in [0.05, 0.1) is 30.3 Å². The number of nitrogens with one attached hydrogen (secondary N) is 1. The van der Waals surface area contributed by atoms with Gasteiger partial charge in [0.2, 0.25) is 15.0 Å². The third-order valence-corrected chi connectivity index (χ3v) is 5.98. The van der Waals surface area contributed by atoms with Crippen LogP contribution < -0.4 is 5.32 Å². The van der Waals surface area contributed by atoms with Crippen LogP contribution >= 0.6 is 0 Å². The third kappa shape index (κ3) is 4.60. The molecule has 1 aromatic carbocycles. The number of sulfone groups is 1. The summed E-state index contributed by atoms with van der Waals surface area (Å²) in [6.07, 6.45) is 5.40. The van der Waals surface area contributed by atoms with Gasteiger partial charge in [-0.05, 0) is 18.4 Å². The van der Waals surface area contributed by atoms with Gasteiger partial charge in [0, 0.05) is 19.7 Å². The molecule has 0 amide bonds. The quantitative estimate of drug-likeness (QED) is 0.538. The van der Waals surface area contributed by atoms with Gasteiger partial charge in [0.15, 0.2) is 0 Å². The summed E-state index contributed by atoms with van der Waals surface area (Å²) in [5.74, 6) is -0.0596. The van der Waals surface area contributed by atoms with Gasteiger partial charge in [-0.1, -0.05) is 36.4 Å². The number of hydrogen-bond donors (Lipinski definition) is 1. The molecular weight excluding hydrogens is 350 g/mol. The molecule has 1 saturated heterocycles. The normalized spacial score (nSPS) is 17.5. The van der Waals surface area contributed by atoms with Crippen molar-refractivity contribution >= 4 is 9.84 Å². The molecule has 3 rings (SSSR count). The fourth-order valence-corrected chi connectivity index (χ4v) is 4.63. The Morgan fingerprint density at radius 1 is 1.35 bits per heavy atom. The number of benzene rings is 1. The maximum Gasteiger partial charge on any atom is 0.228 e. The number of aromatic nitrogens is 2. The Balaban J connectivity index is 1.87. The van der Waals surface area contributed by atoms with Gasteiger partial charge in [-0.2, -0.15) is 0 Å². The van der Waals surface area contributed by atoms with E-state index in [1.54, 1.807) is 16.8 Å². The lowest BCUT2D eigenvalue weighted by atomic mass is 10.2. The van der Waals surface area contributed by atoms with Crippen LogP contribution in [0.2, 0.25) is 0 Å². The van der Waals surface area contributed by atoms with Crippen LogP contribution in [0.1, 0.15) is 24.1 Å². The first-order valence-corrected chi connectivity index (χ1v) is 10.5. The first-order valence-electron chi connectivity index (χ1n) is 8.84. The summed E-state index contributed by atoms with van der Waals surface area (Å²) in [5, 5.41) is 3.33. The van der Waals surface area contributed by atoms with E-state index in [4.69, 9.17) is 4.74 Å². The molecule has 0 saturated carbocycles. The van der Waals surface area contributed by atoms with Crippen LogP contribution in [0.3, 0.4) is 0 Å². The SMILES string of the molecule is C=CCNCc1cnc(S(=O)(=O)Cc2ccccc2)n1CC1CCCO1. The van der Waals surface area contributed by atoms with Gasteiger partial charge in [-0.15, -0.1) is 6.58 Å². The minimum atomic E-state index is -3.55. The minimum Gasteiger partial charge on any atom is -0.376 e. The largest absolute Gasteiger partial charge is 0.376 e. The fourth-order valence-electron chi connectivity index (χ4n) is 3.13. The molecule has 1 aliphatic heterocycles. The molecule has 0 radical (unpaired) electrons. The number of nitrogens with zero attached hydrogens (tertiary/aromatic N) is 2. The second kappa shape index (κ2) is 8.62. The van der Waals surface area contributed by atoms with Crippen molar-refractivity contribution in [3.8, 4) is 0 Å². The minimum absolute atomic E-state index is 0.0352. The van der Waals surface area contributed by atoms with Crippen molar-refractivity contribution in [2.75, 3.05) is 13.2 Å². The first kappa shape index (κ1) is 18.8. The first-order chi connectivity index (χ1) is 12.6. The van der Waals surface area contributed by atoms with Crippen LogP contribution in [0.25, 0.3) is 0 Å². The summed E-state index contributed by atoms with van der Waals surface area (Å²) < 4.78 is 33.5. The predicted octanol–water partition coefficient (Wildman–Crippen LogP) is 2.31. The zero-order chi connectivity index (χ0) is 18.4. The second-order valence-corrected chi connectivity index (χ2v) is 8.33. The number of imidazole rings is 1. The van der Waals surface area contributed by atoms with Crippen LogP contribution in [-0.2, 0) is 33.4 Å². The van der Waals surface area contributed by atoms with E-state index in [0.29, 0.717) is 19.6 Å². The second-order valence-electron chi connectivity index (χ2n) is 6.44. The molecule has 1 N–H and O–H groups in total. The number of hydrogen-bond acceptors (Lipinski definition) is 5. The van der Waals surface area contributed by atoms with E-state index in [0.717, 1.165) is 30.7 Å². The summed E-state index contributed by atoms with van der Waals surface area (Å²) in [4.78, 5) is 4.26. The average molecular weight is 375 g/mol. The highest BCUT2D eigenvalue weighted by Crippen LogP contribution is 2.21. The Kier molecular flexibility index (Phi) is 6.24. The lowest BCUT2D eigenvalue weighted by Crippen LogP contribution is -2.24. The van der Waals surface area contributed by atoms with Crippen LogP contribution in [-0.4, -0.2) is 37.2 Å². The lowest BCUT2D eigenvalue weighted by Gasteiger charge is -2.16. The van der Waals surface area contributed by atoms with Gasteiger partial charge in [0.1, 0.15) is 0 Å². The highest BCUT2D eigenvalue weighted by atomic mass is 32.2. The Morgan fingerprint density at radius 3 is 2.85 bits per heavy atom. The van der Waals surface area contributed by atoms with Gasteiger partial charge in [0.25, 0.3) is 0 Å². The summed E-state index contributed by atoms with van der Waals surface area (Å²) in [6, 6.07) is 9.19. The lowest BCUT2D eigenvalue weighted by molar-refractivity contribution is 0.0940. The molecule has 140 valence electrons. The maximum atomic E-state index is 13.0. The molecule has 1 aromatic heterocycles. The zero-order valence-electron chi connectivity index (χ0n) is 14.8. The molecule has 6 nitrogen and oxygen atoms in total. The molecule has 2 aromatic rings. The van der Waals surface area contributed by atoms with Crippen molar-refractivity contribution in [3.05, 3.63) is 60.4 Å². The average Bonchev–Trinajstić information content (AvgIpc) is 3.27. The molecule has 0 bridgehead atoms. The van der Waals surface area contributed by atoms with Crippen LogP contribution in [0.4, 0.5) is 0 Å².